The minimum atomic E-state index is -3.55. The maximum atomic E-state index is 15.4. The molecule has 0 aliphatic heterocycles. The van der Waals surface area contributed by atoms with Gasteiger partial charge in [0.1, 0.15) is 0 Å². The number of hydrogen-bond donors (Lipinski definition) is 1. The van der Waals surface area contributed by atoms with Crippen LogP contribution in [0.15, 0.2) is 156 Å². The predicted molar refractivity (Wildman–Crippen MR) is 169 cm³/mol. The van der Waals surface area contributed by atoms with Crippen molar-refractivity contribution in [2.24, 2.45) is 4.52 Å². The van der Waals surface area contributed by atoms with Crippen molar-refractivity contribution in [1.29, 1.82) is 0 Å². The average molecular weight is 563 g/mol. The first kappa shape index (κ1) is 27.6. The minimum absolute atomic E-state index is 0.124. The summed E-state index contributed by atoms with van der Waals surface area (Å²) in [7, 11) is -6.52. The lowest BCUT2D eigenvalue weighted by Gasteiger charge is -2.33. The van der Waals surface area contributed by atoms with Gasteiger partial charge >= 0.3 is 0 Å². The van der Waals surface area contributed by atoms with Crippen molar-refractivity contribution < 1.29 is 9.36 Å². The zero-order valence-electron chi connectivity index (χ0n) is 22.4. The molecular formula is C34H32N2O2P2. The monoisotopic (exact) mass is 562 g/mol. The number of rotatable bonds is 9. The number of hydrogen-bond acceptors (Lipinski definition) is 2. The van der Waals surface area contributed by atoms with Crippen molar-refractivity contribution in [3.05, 3.63) is 157 Å². The Hall–Kier alpha value is -3.97. The van der Waals surface area contributed by atoms with Crippen molar-refractivity contribution in [1.82, 2.24) is 5.32 Å². The van der Waals surface area contributed by atoms with Crippen LogP contribution in [-0.2, 0) is 15.9 Å². The predicted octanol–water partition coefficient (Wildman–Crippen LogP) is 6.47. The summed E-state index contributed by atoms with van der Waals surface area (Å²) in [6.45, 7) is 2.33. The molecule has 5 aromatic rings. The lowest BCUT2D eigenvalue weighted by Crippen LogP contribution is -2.38. The molecule has 4 nitrogen and oxygen atoms in total. The number of carbonyl (C=O) groups is 1. The zero-order chi connectivity index (χ0) is 27.8. The summed E-state index contributed by atoms with van der Waals surface area (Å²) in [5.74, 6) is -0.124. The molecule has 1 unspecified atom stereocenters. The van der Waals surface area contributed by atoms with E-state index in [0.29, 0.717) is 17.2 Å². The molecule has 5 aromatic carbocycles. The normalized spacial score (nSPS) is 12.3. The third kappa shape index (κ3) is 5.65. The molecule has 1 amide bonds. The quantitative estimate of drug-likeness (QED) is 0.209. The molecule has 0 aliphatic rings. The largest absolute Gasteiger partial charge is 0.351 e. The Bertz CT molecular complexity index is 1560. The Morgan fingerprint density at radius 3 is 1.35 bits per heavy atom. The Kier molecular flexibility index (Phi) is 8.60. The fourth-order valence-electron chi connectivity index (χ4n) is 4.90. The number of nitrogens with one attached hydrogen (secondary N) is 1. The topological polar surface area (TPSA) is 58.5 Å². The highest BCUT2D eigenvalue weighted by Gasteiger charge is 2.40. The van der Waals surface area contributed by atoms with Gasteiger partial charge in [-0.05, 0) is 47.4 Å². The molecule has 5 rings (SSSR count). The molecule has 40 heavy (non-hydrogen) atoms. The molecule has 200 valence electrons. The highest BCUT2D eigenvalue weighted by molar-refractivity contribution is 7.90. The van der Waals surface area contributed by atoms with Crippen LogP contribution in [0.25, 0.3) is 0 Å². The maximum Gasteiger partial charge on any atom is 0.246 e. The van der Waals surface area contributed by atoms with Gasteiger partial charge < -0.3 is 5.32 Å². The molecule has 0 saturated heterocycles. The fraction of sp³-hybridized carbons (Fsp3) is 0.0882. The first-order chi connectivity index (χ1) is 19.5. The van der Waals surface area contributed by atoms with E-state index in [1.165, 1.54) is 0 Å². The van der Waals surface area contributed by atoms with Gasteiger partial charge in [-0.3, -0.25) is 9.36 Å². The molecule has 0 radical (unpaired) electrons. The SMILES string of the molecule is CC(C(=O)NCc1ccccc1)P(=NP(=O)(c1ccccc1)c1ccccc1)(c1ccccc1)c1ccccc1. The van der Waals surface area contributed by atoms with Crippen LogP contribution in [0.1, 0.15) is 12.5 Å². The van der Waals surface area contributed by atoms with Crippen molar-refractivity contribution >= 4 is 41.5 Å². The van der Waals surface area contributed by atoms with Crippen LogP contribution in [0.2, 0.25) is 0 Å². The second-order valence-corrected chi connectivity index (χ2v) is 15.7. The number of carbonyl (C=O) groups excluding carboxylic acids is 1. The molecule has 0 bridgehead atoms. The standard InChI is InChI=1S/C34H32N2O2P2/c1-28(34(37)35-27-29-17-7-2-8-18-29)39(30-19-9-3-10-20-30,31-21-11-4-12-22-31)36-40(38,32-23-13-5-14-24-32)33-25-15-6-16-26-33/h2-26,28H,27H2,1H3,(H,35,37). The van der Waals surface area contributed by atoms with Gasteiger partial charge in [-0.2, -0.15) is 0 Å². The summed E-state index contributed by atoms with van der Waals surface area (Å²) in [6.07, 6.45) is 0. The van der Waals surface area contributed by atoms with E-state index in [1.54, 1.807) is 0 Å². The summed E-state index contributed by atoms with van der Waals surface area (Å²) >= 11 is 0. The summed E-state index contributed by atoms with van der Waals surface area (Å²) in [4.78, 5) is 14.0. The van der Waals surface area contributed by atoms with Gasteiger partial charge in [0, 0.05) is 24.2 Å². The zero-order valence-corrected chi connectivity index (χ0v) is 24.2. The molecule has 0 spiro atoms. The number of benzene rings is 5. The van der Waals surface area contributed by atoms with Gasteiger partial charge in [-0.1, -0.05) is 127 Å². The minimum Gasteiger partial charge on any atom is -0.351 e. The third-order valence-corrected chi connectivity index (χ3v) is 14.7. The number of amides is 1. The second kappa shape index (κ2) is 12.5. The van der Waals surface area contributed by atoms with E-state index in [-0.39, 0.29) is 5.91 Å². The molecule has 0 aromatic heterocycles. The first-order valence-corrected chi connectivity index (χ1v) is 16.8. The van der Waals surface area contributed by atoms with Crippen LogP contribution in [0.3, 0.4) is 0 Å². The first-order valence-electron chi connectivity index (χ1n) is 13.3. The van der Waals surface area contributed by atoms with Crippen LogP contribution >= 0.6 is 14.3 Å². The molecule has 1 N–H and O–H groups in total. The maximum absolute atomic E-state index is 15.4. The molecule has 6 heteroatoms. The Morgan fingerprint density at radius 1 is 0.600 bits per heavy atom. The summed E-state index contributed by atoms with van der Waals surface area (Å²) in [5, 5.41) is 6.27. The van der Waals surface area contributed by atoms with Gasteiger partial charge in [0.15, 0.2) is 0 Å². The molecule has 0 heterocycles. The van der Waals surface area contributed by atoms with E-state index in [2.05, 4.69) is 5.32 Å². The summed E-state index contributed by atoms with van der Waals surface area (Å²) in [6, 6.07) is 48.6. The molecule has 0 saturated carbocycles. The lowest BCUT2D eigenvalue weighted by molar-refractivity contribution is -0.120. The highest BCUT2D eigenvalue weighted by atomic mass is 31.2. The van der Waals surface area contributed by atoms with E-state index in [1.807, 2.05) is 159 Å². The smallest absolute Gasteiger partial charge is 0.246 e. The molecular weight excluding hydrogens is 530 g/mol. The van der Waals surface area contributed by atoms with Crippen LogP contribution < -0.4 is 26.5 Å². The summed E-state index contributed by atoms with van der Waals surface area (Å²) < 4.78 is 20.9. The summed E-state index contributed by atoms with van der Waals surface area (Å²) in [5.41, 5.74) is 0.435. The molecule has 0 aliphatic carbocycles. The Labute approximate surface area is 236 Å². The van der Waals surface area contributed by atoms with Crippen molar-refractivity contribution in [2.75, 3.05) is 0 Å². The van der Waals surface area contributed by atoms with E-state index in [4.69, 9.17) is 4.52 Å². The van der Waals surface area contributed by atoms with Gasteiger partial charge in [0.05, 0.1) is 5.66 Å². The van der Waals surface area contributed by atoms with Gasteiger partial charge in [0.25, 0.3) is 0 Å². The fourth-order valence-corrected chi connectivity index (χ4v) is 13.1. The van der Waals surface area contributed by atoms with E-state index >= 15 is 4.57 Å². The highest BCUT2D eigenvalue weighted by Crippen LogP contribution is 2.62. The average Bonchev–Trinajstić information content (AvgIpc) is 3.04. The van der Waals surface area contributed by atoms with E-state index in [9.17, 15) is 4.79 Å². The number of nitrogens with zero attached hydrogens (tertiary/aromatic N) is 1. The van der Waals surface area contributed by atoms with E-state index in [0.717, 1.165) is 16.2 Å². The van der Waals surface area contributed by atoms with Crippen molar-refractivity contribution in [3.63, 3.8) is 0 Å². The van der Waals surface area contributed by atoms with Gasteiger partial charge in [-0.15, -0.1) is 0 Å². The van der Waals surface area contributed by atoms with Crippen LogP contribution in [0.4, 0.5) is 0 Å². The lowest BCUT2D eigenvalue weighted by atomic mass is 10.2. The van der Waals surface area contributed by atoms with Gasteiger partial charge in [-0.25, -0.2) is 4.52 Å². The second-order valence-electron chi connectivity index (χ2n) is 9.57. The van der Waals surface area contributed by atoms with Crippen LogP contribution in [-0.4, -0.2) is 11.6 Å². The van der Waals surface area contributed by atoms with Gasteiger partial charge in [0.2, 0.25) is 13.2 Å². The third-order valence-electron chi connectivity index (χ3n) is 7.03. The Morgan fingerprint density at radius 2 is 0.950 bits per heavy atom. The van der Waals surface area contributed by atoms with Crippen LogP contribution in [0.5, 0.6) is 0 Å². The van der Waals surface area contributed by atoms with Crippen LogP contribution in [0, 0.1) is 0 Å². The molecule has 1 atom stereocenters. The Balaban J connectivity index is 1.79. The van der Waals surface area contributed by atoms with Crippen molar-refractivity contribution in [2.45, 2.75) is 19.1 Å². The molecule has 0 fully saturated rings. The van der Waals surface area contributed by atoms with E-state index < -0.39 is 20.0 Å². The van der Waals surface area contributed by atoms with Crippen molar-refractivity contribution in [3.8, 4) is 0 Å².